The first-order chi connectivity index (χ1) is 10.3. The second kappa shape index (κ2) is 7.02. The summed E-state index contributed by atoms with van der Waals surface area (Å²) in [5.41, 5.74) is 12.1. The lowest BCUT2D eigenvalue weighted by molar-refractivity contribution is 0.630. The third-order valence-electron chi connectivity index (χ3n) is 3.19. The van der Waals surface area contributed by atoms with Gasteiger partial charge in [-0.05, 0) is 64.5 Å². The molecule has 0 radical (unpaired) electrons. The molecule has 0 aliphatic heterocycles. The summed E-state index contributed by atoms with van der Waals surface area (Å²) in [4.78, 5) is 0. The Morgan fingerprint density at radius 2 is 1.41 bits per heavy atom. The molecular formula is C15H13BrCl2F2N2. The number of rotatable bonds is 1. The number of nitrogens with two attached hydrogens (primary N) is 2. The molecule has 118 valence electrons. The Morgan fingerprint density at radius 1 is 0.909 bits per heavy atom. The van der Waals surface area contributed by atoms with Gasteiger partial charge in [0.1, 0.15) is 11.6 Å². The van der Waals surface area contributed by atoms with E-state index in [1.807, 2.05) is 0 Å². The Kier molecular flexibility index (Phi) is 5.53. The van der Waals surface area contributed by atoms with Gasteiger partial charge < -0.3 is 11.5 Å². The summed E-state index contributed by atoms with van der Waals surface area (Å²) < 4.78 is 26.1. The predicted molar refractivity (Wildman–Crippen MR) is 91.3 cm³/mol. The van der Waals surface area contributed by atoms with Crippen molar-refractivity contribution >= 4 is 50.5 Å². The molecule has 1 saturated carbocycles. The molecule has 0 atom stereocenters. The Balaban J connectivity index is 0.000000164. The maximum Gasteiger partial charge on any atom is 0.148 e. The monoisotopic (exact) mass is 408 g/mol. The predicted octanol–water partition coefficient (Wildman–Crippen LogP) is 5.76. The van der Waals surface area contributed by atoms with Crippen molar-refractivity contribution in [2.45, 2.75) is 18.8 Å². The lowest BCUT2D eigenvalue weighted by Gasteiger charge is -2.05. The second-order valence-electron chi connectivity index (χ2n) is 4.95. The van der Waals surface area contributed by atoms with Crippen molar-refractivity contribution in [1.82, 2.24) is 0 Å². The summed E-state index contributed by atoms with van der Waals surface area (Å²) in [5, 5.41) is 0.766. The van der Waals surface area contributed by atoms with E-state index in [1.165, 1.54) is 12.1 Å². The van der Waals surface area contributed by atoms with Gasteiger partial charge in [-0.1, -0.05) is 23.2 Å². The van der Waals surface area contributed by atoms with Gasteiger partial charge >= 0.3 is 0 Å². The Bertz CT molecular complexity index is 683. The van der Waals surface area contributed by atoms with Crippen LogP contribution in [-0.4, -0.2) is 0 Å². The summed E-state index contributed by atoms with van der Waals surface area (Å²) >= 11 is 14.2. The number of hydrogen-bond donors (Lipinski definition) is 2. The second-order valence-corrected chi connectivity index (χ2v) is 6.68. The molecule has 0 aromatic heterocycles. The van der Waals surface area contributed by atoms with Gasteiger partial charge in [-0.3, -0.25) is 0 Å². The van der Waals surface area contributed by atoms with Gasteiger partial charge in [0.25, 0.3) is 0 Å². The first-order valence-electron chi connectivity index (χ1n) is 6.44. The van der Waals surface area contributed by atoms with Crippen molar-refractivity contribution in [3.63, 3.8) is 0 Å². The summed E-state index contributed by atoms with van der Waals surface area (Å²) in [7, 11) is 0. The number of anilines is 2. The molecule has 4 N–H and O–H groups in total. The number of hydrogen-bond acceptors (Lipinski definition) is 2. The molecule has 0 heterocycles. The molecule has 22 heavy (non-hydrogen) atoms. The molecule has 2 aromatic carbocycles. The minimum absolute atomic E-state index is 0.0874. The maximum atomic E-state index is 13.0. The van der Waals surface area contributed by atoms with Gasteiger partial charge in [-0.25, -0.2) is 8.78 Å². The average Bonchev–Trinajstić information content (AvgIpc) is 3.25. The highest BCUT2D eigenvalue weighted by Crippen LogP contribution is 2.44. The topological polar surface area (TPSA) is 52.0 Å². The largest absolute Gasteiger partial charge is 0.396 e. The smallest absolute Gasteiger partial charge is 0.148 e. The fourth-order valence-corrected chi connectivity index (χ4v) is 2.88. The summed E-state index contributed by atoms with van der Waals surface area (Å²) in [5.74, 6) is -0.457. The van der Waals surface area contributed by atoms with Crippen LogP contribution in [0.1, 0.15) is 24.3 Å². The Labute approximate surface area is 145 Å². The van der Waals surface area contributed by atoms with Crippen molar-refractivity contribution in [3.05, 3.63) is 56.0 Å². The summed E-state index contributed by atoms with van der Waals surface area (Å²) in [6, 6.07) is 5.72. The highest BCUT2D eigenvalue weighted by Gasteiger charge is 2.26. The Morgan fingerprint density at radius 3 is 1.91 bits per heavy atom. The molecule has 1 fully saturated rings. The van der Waals surface area contributed by atoms with Crippen molar-refractivity contribution in [2.75, 3.05) is 11.5 Å². The zero-order chi connectivity index (χ0) is 16.4. The van der Waals surface area contributed by atoms with Crippen LogP contribution < -0.4 is 11.5 Å². The van der Waals surface area contributed by atoms with E-state index in [0.717, 1.165) is 18.4 Å². The van der Waals surface area contributed by atoms with E-state index >= 15 is 0 Å². The molecule has 1 aliphatic carbocycles. The zero-order valence-electron chi connectivity index (χ0n) is 11.3. The zero-order valence-corrected chi connectivity index (χ0v) is 14.4. The van der Waals surface area contributed by atoms with Crippen LogP contribution in [0.5, 0.6) is 0 Å². The van der Waals surface area contributed by atoms with E-state index in [4.69, 9.17) is 34.7 Å². The fourth-order valence-electron chi connectivity index (χ4n) is 1.89. The molecule has 0 saturated heterocycles. The number of nitrogen functional groups attached to an aromatic ring is 2. The van der Waals surface area contributed by atoms with Crippen molar-refractivity contribution in [1.29, 1.82) is 0 Å². The number of benzene rings is 2. The molecule has 0 bridgehead atoms. The van der Waals surface area contributed by atoms with Gasteiger partial charge in [-0.15, -0.1) is 0 Å². The normalized spacial score (nSPS) is 13.5. The van der Waals surface area contributed by atoms with Crippen LogP contribution in [0.3, 0.4) is 0 Å². The highest BCUT2D eigenvalue weighted by molar-refractivity contribution is 9.10. The third-order valence-corrected chi connectivity index (χ3v) is 4.28. The van der Waals surface area contributed by atoms with Crippen LogP contribution in [0.25, 0.3) is 0 Å². The van der Waals surface area contributed by atoms with E-state index in [0.29, 0.717) is 20.4 Å². The van der Waals surface area contributed by atoms with Gasteiger partial charge in [0.15, 0.2) is 0 Å². The first-order valence-corrected chi connectivity index (χ1v) is 7.99. The molecule has 3 rings (SSSR count). The van der Waals surface area contributed by atoms with Crippen molar-refractivity contribution in [2.24, 2.45) is 0 Å². The highest BCUT2D eigenvalue weighted by atomic mass is 79.9. The SMILES string of the molecule is Nc1c(F)cc(Cl)cc1Br.Nc1c(F)cc(Cl)cc1C1CC1. The van der Waals surface area contributed by atoms with E-state index in [1.54, 1.807) is 12.1 Å². The average molecular weight is 410 g/mol. The van der Waals surface area contributed by atoms with Crippen molar-refractivity contribution < 1.29 is 8.78 Å². The van der Waals surface area contributed by atoms with Crippen LogP contribution >= 0.6 is 39.1 Å². The van der Waals surface area contributed by atoms with E-state index in [2.05, 4.69) is 15.9 Å². The first kappa shape index (κ1) is 17.3. The molecule has 0 unspecified atom stereocenters. The van der Waals surface area contributed by atoms with Gasteiger partial charge in [0.05, 0.1) is 11.4 Å². The van der Waals surface area contributed by atoms with E-state index in [9.17, 15) is 8.78 Å². The molecular weight excluding hydrogens is 397 g/mol. The van der Waals surface area contributed by atoms with Gasteiger partial charge in [0.2, 0.25) is 0 Å². The lowest BCUT2D eigenvalue weighted by atomic mass is 10.1. The molecule has 2 aromatic rings. The van der Waals surface area contributed by atoms with E-state index in [-0.39, 0.29) is 11.4 Å². The standard InChI is InChI=1S/C9H9ClFN.C6H4BrClFN/c10-6-3-7(5-1-2-5)9(12)8(11)4-6;7-4-1-3(8)2-5(9)6(4)10/h3-5H,1-2,12H2;1-2H,10H2. The molecule has 2 nitrogen and oxygen atoms in total. The molecule has 7 heteroatoms. The quantitative estimate of drug-likeness (QED) is 0.588. The summed E-state index contributed by atoms with van der Waals surface area (Å²) in [6.07, 6.45) is 2.20. The van der Waals surface area contributed by atoms with Gasteiger partial charge in [0, 0.05) is 14.5 Å². The summed E-state index contributed by atoms with van der Waals surface area (Å²) in [6.45, 7) is 0. The van der Waals surface area contributed by atoms with Crippen LogP contribution in [0.15, 0.2) is 28.7 Å². The van der Waals surface area contributed by atoms with E-state index < -0.39 is 11.6 Å². The van der Waals surface area contributed by atoms with Crippen LogP contribution in [0.2, 0.25) is 10.0 Å². The number of halogens is 5. The minimum atomic E-state index is -0.501. The fraction of sp³-hybridized carbons (Fsp3) is 0.200. The van der Waals surface area contributed by atoms with Crippen LogP contribution in [-0.2, 0) is 0 Å². The molecule has 1 aliphatic rings. The lowest BCUT2D eigenvalue weighted by Crippen LogP contribution is -1.96. The van der Waals surface area contributed by atoms with Crippen molar-refractivity contribution in [3.8, 4) is 0 Å². The minimum Gasteiger partial charge on any atom is -0.396 e. The molecule has 0 spiro atoms. The van der Waals surface area contributed by atoms with Gasteiger partial charge in [-0.2, -0.15) is 0 Å². The van der Waals surface area contributed by atoms with Crippen LogP contribution in [0, 0.1) is 11.6 Å². The molecule has 0 amide bonds. The third kappa shape index (κ3) is 4.24. The maximum absolute atomic E-state index is 13.0. The van der Waals surface area contributed by atoms with Crippen LogP contribution in [0.4, 0.5) is 20.2 Å². The Hall–Kier alpha value is -1.04.